The first-order chi connectivity index (χ1) is 14.8. The Morgan fingerprint density at radius 3 is 2.65 bits per heavy atom. The summed E-state index contributed by atoms with van der Waals surface area (Å²) in [5, 5.41) is 7.33. The first kappa shape index (κ1) is 20.6. The van der Waals surface area contributed by atoms with Gasteiger partial charge >= 0.3 is 0 Å². The van der Waals surface area contributed by atoms with Crippen molar-refractivity contribution >= 4 is 21.6 Å². The SMILES string of the molecule is COc1ccc(C2=NN3C(C2)c2cc(Br)ccc2OC32CCOC(C)(C)C2)cc1OC. The lowest BCUT2D eigenvalue weighted by atomic mass is 9.86. The van der Waals surface area contributed by atoms with Gasteiger partial charge in [-0.1, -0.05) is 15.9 Å². The van der Waals surface area contributed by atoms with E-state index >= 15 is 0 Å². The zero-order valence-corrected chi connectivity index (χ0v) is 19.9. The van der Waals surface area contributed by atoms with Gasteiger partial charge in [-0.25, -0.2) is 5.01 Å². The van der Waals surface area contributed by atoms with Gasteiger partial charge in [0.1, 0.15) is 5.75 Å². The fraction of sp³-hybridized carbons (Fsp3) is 0.458. The van der Waals surface area contributed by atoms with Crippen LogP contribution >= 0.6 is 15.9 Å². The van der Waals surface area contributed by atoms with Gasteiger partial charge in [0, 0.05) is 34.9 Å². The molecule has 3 aliphatic rings. The molecule has 2 atom stereocenters. The molecular formula is C24H27BrN2O4. The smallest absolute Gasteiger partial charge is 0.203 e. The molecule has 31 heavy (non-hydrogen) atoms. The molecule has 2 aromatic rings. The van der Waals surface area contributed by atoms with Crippen molar-refractivity contribution in [1.82, 2.24) is 5.01 Å². The van der Waals surface area contributed by atoms with Crippen molar-refractivity contribution in [3.8, 4) is 17.2 Å². The lowest BCUT2D eigenvalue weighted by Gasteiger charge is -2.52. The Labute approximate surface area is 191 Å². The van der Waals surface area contributed by atoms with Gasteiger partial charge in [0.15, 0.2) is 11.5 Å². The maximum Gasteiger partial charge on any atom is 0.203 e. The molecule has 2 unspecified atom stereocenters. The van der Waals surface area contributed by atoms with Crippen LogP contribution in [0.2, 0.25) is 0 Å². The highest BCUT2D eigenvalue weighted by Gasteiger charge is 2.54. The highest BCUT2D eigenvalue weighted by atomic mass is 79.9. The van der Waals surface area contributed by atoms with Crippen LogP contribution in [0.3, 0.4) is 0 Å². The third-order valence-electron chi connectivity index (χ3n) is 6.36. The molecule has 3 heterocycles. The molecule has 0 saturated carbocycles. The van der Waals surface area contributed by atoms with Crippen LogP contribution in [0.25, 0.3) is 0 Å². The molecule has 0 bridgehead atoms. The number of nitrogens with zero attached hydrogens (tertiary/aromatic N) is 2. The summed E-state index contributed by atoms with van der Waals surface area (Å²) in [5.41, 5.74) is 2.41. The number of hydrogen-bond donors (Lipinski definition) is 0. The highest BCUT2D eigenvalue weighted by molar-refractivity contribution is 9.10. The Morgan fingerprint density at radius 1 is 1.10 bits per heavy atom. The fourth-order valence-electron chi connectivity index (χ4n) is 5.02. The second-order valence-corrected chi connectivity index (χ2v) is 9.86. The van der Waals surface area contributed by atoms with Crippen LogP contribution in [0.5, 0.6) is 17.2 Å². The normalized spacial score (nSPS) is 26.0. The van der Waals surface area contributed by atoms with Gasteiger partial charge in [-0.05, 0) is 50.2 Å². The predicted octanol–water partition coefficient (Wildman–Crippen LogP) is 5.30. The molecule has 2 aromatic carbocycles. The molecule has 0 aromatic heterocycles. The van der Waals surface area contributed by atoms with Gasteiger partial charge < -0.3 is 18.9 Å². The van der Waals surface area contributed by atoms with E-state index in [-0.39, 0.29) is 11.6 Å². The lowest BCUT2D eigenvalue weighted by Crippen LogP contribution is -2.60. The molecule has 1 fully saturated rings. The Kier molecular flexibility index (Phi) is 4.94. The number of methoxy groups -OCH3 is 2. The molecule has 0 amide bonds. The largest absolute Gasteiger partial charge is 0.493 e. The maximum atomic E-state index is 6.70. The minimum absolute atomic E-state index is 0.109. The van der Waals surface area contributed by atoms with Crippen molar-refractivity contribution in [3.05, 3.63) is 52.0 Å². The molecule has 164 valence electrons. The van der Waals surface area contributed by atoms with E-state index in [0.717, 1.165) is 46.3 Å². The van der Waals surface area contributed by atoms with E-state index in [2.05, 4.69) is 46.9 Å². The molecule has 0 N–H and O–H groups in total. The van der Waals surface area contributed by atoms with E-state index in [1.807, 2.05) is 24.3 Å². The first-order valence-electron chi connectivity index (χ1n) is 10.6. The number of halogens is 1. The zero-order chi connectivity index (χ0) is 21.8. The molecule has 1 spiro atoms. The van der Waals surface area contributed by atoms with Gasteiger partial charge in [0.05, 0.1) is 38.2 Å². The third-order valence-corrected chi connectivity index (χ3v) is 6.86. The van der Waals surface area contributed by atoms with Crippen LogP contribution in [-0.4, -0.2) is 42.9 Å². The van der Waals surface area contributed by atoms with E-state index in [1.165, 1.54) is 0 Å². The van der Waals surface area contributed by atoms with Crippen molar-refractivity contribution in [2.75, 3.05) is 20.8 Å². The molecule has 0 aliphatic carbocycles. The van der Waals surface area contributed by atoms with Gasteiger partial charge in [0.25, 0.3) is 0 Å². The van der Waals surface area contributed by atoms with E-state index in [4.69, 9.17) is 24.0 Å². The standard InChI is InChI=1S/C24H27BrN2O4/c1-23(2)14-24(9-10-30-23)27-19(17-12-16(25)6-8-20(17)31-24)13-18(26-27)15-5-7-21(28-3)22(11-15)29-4/h5-8,11-12,19H,9-10,13-14H2,1-4H3. The second kappa shape index (κ2) is 7.41. The van der Waals surface area contributed by atoms with Crippen LogP contribution < -0.4 is 14.2 Å². The molecular weight excluding hydrogens is 460 g/mol. The van der Waals surface area contributed by atoms with E-state index in [9.17, 15) is 0 Å². The third kappa shape index (κ3) is 3.48. The molecule has 7 heteroatoms. The van der Waals surface area contributed by atoms with Crippen molar-refractivity contribution in [1.29, 1.82) is 0 Å². The summed E-state index contributed by atoms with van der Waals surface area (Å²) in [4.78, 5) is 0. The highest BCUT2D eigenvalue weighted by Crippen LogP contribution is 2.52. The Bertz CT molecular complexity index is 1050. The molecule has 6 nitrogen and oxygen atoms in total. The Hall–Kier alpha value is -2.25. The van der Waals surface area contributed by atoms with E-state index in [0.29, 0.717) is 18.1 Å². The number of fused-ring (bicyclic) bond motifs is 4. The number of hydrazone groups is 1. The molecule has 3 aliphatic heterocycles. The minimum Gasteiger partial charge on any atom is -0.493 e. The van der Waals surface area contributed by atoms with Crippen LogP contribution in [0.15, 0.2) is 46.0 Å². The van der Waals surface area contributed by atoms with Crippen molar-refractivity contribution in [2.24, 2.45) is 5.10 Å². The predicted molar refractivity (Wildman–Crippen MR) is 122 cm³/mol. The molecule has 0 radical (unpaired) electrons. The summed E-state index contributed by atoms with van der Waals surface area (Å²) in [7, 11) is 3.30. The number of hydrogen-bond acceptors (Lipinski definition) is 6. The summed E-state index contributed by atoms with van der Waals surface area (Å²) in [6.45, 7) is 4.89. The lowest BCUT2D eigenvalue weighted by molar-refractivity contribution is -0.212. The molecule has 1 saturated heterocycles. The maximum absolute atomic E-state index is 6.70. The van der Waals surface area contributed by atoms with Gasteiger partial charge in [-0.2, -0.15) is 5.10 Å². The number of benzene rings is 2. The quantitative estimate of drug-likeness (QED) is 0.589. The Morgan fingerprint density at radius 2 is 1.90 bits per heavy atom. The van der Waals surface area contributed by atoms with Crippen molar-refractivity contribution in [2.45, 2.75) is 50.5 Å². The summed E-state index contributed by atoms with van der Waals surface area (Å²) in [5.74, 6) is 2.35. The van der Waals surface area contributed by atoms with Crippen LogP contribution in [0.1, 0.15) is 50.3 Å². The fourth-order valence-corrected chi connectivity index (χ4v) is 5.40. The van der Waals surface area contributed by atoms with Gasteiger partial charge in [-0.15, -0.1) is 0 Å². The first-order valence-corrected chi connectivity index (χ1v) is 11.4. The van der Waals surface area contributed by atoms with Crippen LogP contribution in [-0.2, 0) is 4.74 Å². The number of rotatable bonds is 3. The van der Waals surface area contributed by atoms with Crippen molar-refractivity contribution in [3.63, 3.8) is 0 Å². The second-order valence-electron chi connectivity index (χ2n) is 8.95. The average molecular weight is 487 g/mol. The molecule has 5 rings (SSSR count). The van der Waals surface area contributed by atoms with Crippen LogP contribution in [0.4, 0.5) is 0 Å². The van der Waals surface area contributed by atoms with Gasteiger partial charge in [0.2, 0.25) is 5.72 Å². The summed E-state index contributed by atoms with van der Waals surface area (Å²) in [6, 6.07) is 12.3. The van der Waals surface area contributed by atoms with Gasteiger partial charge in [-0.3, -0.25) is 0 Å². The van der Waals surface area contributed by atoms with Crippen LogP contribution in [0, 0.1) is 0 Å². The Balaban J connectivity index is 1.60. The summed E-state index contributed by atoms with van der Waals surface area (Å²) in [6.07, 6.45) is 2.31. The topological polar surface area (TPSA) is 52.5 Å². The van der Waals surface area contributed by atoms with Crippen molar-refractivity contribution < 1.29 is 18.9 Å². The van der Waals surface area contributed by atoms with E-state index < -0.39 is 5.72 Å². The summed E-state index contributed by atoms with van der Waals surface area (Å²) >= 11 is 3.63. The average Bonchev–Trinajstić information content (AvgIpc) is 3.20. The minimum atomic E-state index is -0.522. The monoisotopic (exact) mass is 486 g/mol. The number of ether oxygens (including phenoxy) is 4. The zero-order valence-electron chi connectivity index (χ0n) is 18.3. The van der Waals surface area contributed by atoms with E-state index in [1.54, 1.807) is 14.2 Å². The summed E-state index contributed by atoms with van der Waals surface area (Å²) < 4.78 is 24.7.